The fraction of sp³-hybridized carbons (Fsp3) is 0.923. The highest BCUT2D eigenvalue weighted by atomic mass is 32.2. The fourth-order valence-corrected chi connectivity index (χ4v) is 4.37. The van der Waals surface area contributed by atoms with Crippen molar-refractivity contribution < 1.29 is 17.9 Å². The molecule has 0 spiro atoms. The van der Waals surface area contributed by atoms with Gasteiger partial charge in [0.15, 0.2) is 0 Å². The van der Waals surface area contributed by atoms with Gasteiger partial charge in [0.2, 0.25) is 10.0 Å². The minimum Gasteiger partial charge on any atom is -0.447 e. The van der Waals surface area contributed by atoms with Gasteiger partial charge in [0.25, 0.3) is 0 Å². The van der Waals surface area contributed by atoms with Gasteiger partial charge in [-0.1, -0.05) is 6.42 Å². The summed E-state index contributed by atoms with van der Waals surface area (Å²) in [5.41, 5.74) is 0. The first-order chi connectivity index (χ1) is 9.39. The van der Waals surface area contributed by atoms with E-state index in [1.54, 1.807) is 18.2 Å². The van der Waals surface area contributed by atoms with Crippen molar-refractivity contribution in [2.24, 2.45) is 0 Å². The third kappa shape index (κ3) is 4.09. The molecule has 0 bridgehead atoms. The molecule has 20 heavy (non-hydrogen) atoms. The summed E-state index contributed by atoms with van der Waals surface area (Å²) in [5.74, 6) is 0. The maximum absolute atomic E-state index is 12.3. The van der Waals surface area contributed by atoms with Gasteiger partial charge < -0.3 is 10.1 Å². The fourth-order valence-electron chi connectivity index (χ4n) is 2.45. The van der Waals surface area contributed by atoms with Crippen LogP contribution in [-0.2, 0) is 14.8 Å². The first-order valence-corrected chi connectivity index (χ1v) is 8.86. The van der Waals surface area contributed by atoms with E-state index in [2.05, 4.69) is 5.32 Å². The van der Waals surface area contributed by atoms with E-state index >= 15 is 0 Å². The first-order valence-electron chi connectivity index (χ1n) is 7.35. The molecule has 2 rings (SSSR count). The van der Waals surface area contributed by atoms with Crippen LogP contribution < -0.4 is 5.32 Å². The Morgan fingerprint density at radius 3 is 2.55 bits per heavy atom. The van der Waals surface area contributed by atoms with Crippen LogP contribution in [0.5, 0.6) is 0 Å². The Kier molecular flexibility index (Phi) is 4.90. The summed E-state index contributed by atoms with van der Waals surface area (Å²) in [6.45, 7) is 4.51. The van der Waals surface area contributed by atoms with Crippen LogP contribution >= 0.6 is 0 Å². The Morgan fingerprint density at radius 2 is 1.95 bits per heavy atom. The lowest BCUT2D eigenvalue weighted by molar-refractivity contribution is 0.111. The molecule has 1 saturated heterocycles. The van der Waals surface area contributed by atoms with Crippen LogP contribution in [0.2, 0.25) is 0 Å². The van der Waals surface area contributed by atoms with Crippen LogP contribution in [0.4, 0.5) is 4.79 Å². The number of alkyl carbamates (subject to hydrolysis) is 1. The number of ether oxygens (including phenoxy) is 1. The van der Waals surface area contributed by atoms with Crippen molar-refractivity contribution in [3.05, 3.63) is 0 Å². The zero-order chi connectivity index (χ0) is 14.8. The molecule has 2 aliphatic rings. The summed E-state index contributed by atoms with van der Waals surface area (Å²) in [5, 5.41) is 2.59. The van der Waals surface area contributed by atoms with Gasteiger partial charge in [-0.2, -0.15) is 4.31 Å². The van der Waals surface area contributed by atoms with Crippen LogP contribution in [0.15, 0.2) is 0 Å². The number of hydrogen-bond acceptors (Lipinski definition) is 4. The van der Waals surface area contributed by atoms with Gasteiger partial charge in [0.1, 0.15) is 0 Å². The van der Waals surface area contributed by atoms with E-state index in [4.69, 9.17) is 4.74 Å². The van der Waals surface area contributed by atoms with Gasteiger partial charge >= 0.3 is 6.09 Å². The largest absolute Gasteiger partial charge is 0.447 e. The van der Waals surface area contributed by atoms with E-state index in [1.807, 2.05) is 0 Å². The number of hydrogen-bond donors (Lipinski definition) is 1. The van der Waals surface area contributed by atoms with Gasteiger partial charge in [-0.05, 0) is 39.5 Å². The van der Waals surface area contributed by atoms with Crippen molar-refractivity contribution in [3.8, 4) is 0 Å². The third-order valence-corrected chi connectivity index (χ3v) is 5.97. The Hall–Kier alpha value is -0.820. The Morgan fingerprint density at radius 1 is 1.25 bits per heavy atom. The van der Waals surface area contributed by atoms with Crippen LogP contribution in [0.25, 0.3) is 0 Å². The maximum Gasteiger partial charge on any atom is 0.407 e. The SMILES string of the molecule is CC(C)OC(=O)N[C@@H]1CCCCN(S(=O)(=O)C2CC2)C1. The molecule has 0 unspecified atom stereocenters. The molecule has 1 atom stereocenters. The molecule has 1 heterocycles. The molecule has 1 aliphatic carbocycles. The van der Waals surface area contributed by atoms with Gasteiger partial charge in [0.05, 0.1) is 11.4 Å². The Labute approximate surface area is 120 Å². The summed E-state index contributed by atoms with van der Waals surface area (Å²) in [6.07, 6.45) is 3.47. The molecular weight excluding hydrogens is 280 g/mol. The second-order valence-electron chi connectivity index (χ2n) is 5.89. The maximum atomic E-state index is 12.3. The molecule has 2 fully saturated rings. The molecule has 1 saturated carbocycles. The average molecular weight is 304 g/mol. The number of amides is 1. The van der Waals surface area contributed by atoms with Crippen LogP contribution in [0.3, 0.4) is 0 Å². The minimum atomic E-state index is -3.16. The molecule has 0 aromatic heterocycles. The summed E-state index contributed by atoms with van der Waals surface area (Å²) < 4.78 is 31.2. The molecule has 1 aliphatic heterocycles. The van der Waals surface area contributed by atoms with Crippen molar-refractivity contribution in [1.82, 2.24) is 9.62 Å². The number of sulfonamides is 1. The highest BCUT2D eigenvalue weighted by Crippen LogP contribution is 2.32. The highest BCUT2D eigenvalue weighted by Gasteiger charge is 2.41. The third-order valence-electron chi connectivity index (χ3n) is 3.60. The van der Waals surface area contributed by atoms with Gasteiger partial charge in [0, 0.05) is 19.1 Å². The number of rotatable bonds is 4. The van der Waals surface area contributed by atoms with E-state index in [0.717, 1.165) is 32.1 Å². The summed E-state index contributed by atoms with van der Waals surface area (Å²) >= 11 is 0. The van der Waals surface area contributed by atoms with E-state index in [1.165, 1.54) is 0 Å². The molecular formula is C13H24N2O4S. The van der Waals surface area contributed by atoms with E-state index in [9.17, 15) is 13.2 Å². The zero-order valence-corrected chi connectivity index (χ0v) is 13.0. The average Bonchev–Trinajstić information content (AvgIpc) is 3.15. The summed E-state index contributed by atoms with van der Waals surface area (Å²) in [7, 11) is -3.16. The van der Waals surface area contributed by atoms with E-state index in [0.29, 0.717) is 13.1 Å². The monoisotopic (exact) mass is 304 g/mol. The highest BCUT2D eigenvalue weighted by molar-refractivity contribution is 7.90. The summed E-state index contributed by atoms with van der Waals surface area (Å²) in [6, 6.07) is -0.155. The number of carbonyl (C=O) groups is 1. The number of carbonyl (C=O) groups excluding carboxylic acids is 1. The second-order valence-corrected chi connectivity index (χ2v) is 8.11. The topological polar surface area (TPSA) is 75.7 Å². The van der Waals surface area contributed by atoms with Crippen molar-refractivity contribution in [3.63, 3.8) is 0 Å². The van der Waals surface area contributed by atoms with Crippen molar-refractivity contribution in [2.75, 3.05) is 13.1 Å². The van der Waals surface area contributed by atoms with Crippen LogP contribution in [-0.4, -0.2) is 49.3 Å². The summed E-state index contributed by atoms with van der Waals surface area (Å²) in [4.78, 5) is 11.6. The van der Waals surface area contributed by atoms with Gasteiger partial charge in [-0.25, -0.2) is 13.2 Å². The lowest BCUT2D eigenvalue weighted by atomic mass is 10.1. The zero-order valence-electron chi connectivity index (χ0n) is 12.2. The standard InChI is InChI=1S/C13H24N2O4S/c1-10(2)19-13(16)14-11-5-3-4-8-15(9-11)20(17,18)12-6-7-12/h10-12H,3-9H2,1-2H3,(H,14,16)/t11-/m1/s1. The minimum absolute atomic E-state index is 0.155. The predicted octanol–water partition coefficient (Wildman–Crippen LogP) is 1.47. The van der Waals surface area contributed by atoms with E-state index < -0.39 is 16.1 Å². The Bertz CT molecular complexity index is 445. The molecule has 0 aromatic carbocycles. The van der Waals surface area contributed by atoms with E-state index in [-0.39, 0.29) is 17.4 Å². The molecule has 0 radical (unpaired) electrons. The molecule has 116 valence electrons. The number of nitrogens with zero attached hydrogens (tertiary/aromatic N) is 1. The van der Waals surface area contributed by atoms with Crippen LogP contribution in [0, 0.1) is 0 Å². The molecule has 7 heteroatoms. The normalized spacial score (nSPS) is 25.2. The lowest BCUT2D eigenvalue weighted by Gasteiger charge is -2.24. The predicted molar refractivity (Wildman–Crippen MR) is 75.9 cm³/mol. The van der Waals surface area contributed by atoms with Crippen molar-refractivity contribution >= 4 is 16.1 Å². The molecule has 0 aromatic rings. The van der Waals surface area contributed by atoms with Gasteiger partial charge in [-0.3, -0.25) is 0 Å². The van der Waals surface area contributed by atoms with Crippen molar-refractivity contribution in [2.45, 2.75) is 63.3 Å². The number of nitrogens with one attached hydrogen (secondary N) is 1. The quantitative estimate of drug-likeness (QED) is 0.853. The van der Waals surface area contributed by atoms with Crippen LogP contribution in [0.1, 0.15) is 46.0 Å². The lowest BCUT2D eigenvalue weighted by Crippen LogP contribution is -2.46. The molecule has 1 N–H and O–H groups in total. The molecule has 1 amide bonds. The molecule has 6 nitrogen and oxygen atoms in total. The first kappa shape index (κ1) is 15.6. The van der Waals surface area contributed by atoms with Gasteiger partial charge in [-0.15, -0.1) is 0 Å². The van der Waals surface area contributed by atoms with Crippen molar-refractivity contribution in [1.29, 1.82) is 0 Å². The smallest absolute Gasteiger partial charge is 0.407 e. The second kappa shape index (κ2) is 6.30. The Balaban J connectivity index is 1.95.